The molecule has 88 valence electrons. The van der Waals surface area contributed by atoms with Crippen molar-refractivity contribution in [2.75, 3.05) is 6.54 Å². The van der Waals surface area contributed by atoms with Crippen molar-refractivity contribution in [1.29, 1.82) is 0 Å². The Morgan fingerprint density at radius 3 is 2.75 bits per heavy atom. The number of primary amides is 1. The van der Waals surface area contributed by atoms with Crippen LogP contribution in [-0.2, 0) is 19.3 Å². The zero-order valence-electron chi connectivity index (χ0n) is 8.14. The van der Waals surface area contributed by atoms with Crippen LogP contribution in [0, 0.1) is 0 Å². The molecule has 0 spiro atoms. The van der Waals surface area contributed by atoms with E-state index in [2.05, 4.69) is 10.4 Å². The summed E-state index contributed by atoms with van der Waals surface area (Å²) in [5.41, 5.74) is 4.94. The third kappa shape index (κ3) is 1.64. The summed E-state index contributed by atoms with van der Waals surface area (Å²) in [6.45, 7) is 0.608. The van der Waals surface area contributed by atoms with Crippen LogP contribution in [0.4, 0.5) is 13.2 Å². The summed E-state index contributed by atoms with van der Waals surface area (Å²) in [7, 11) is 0. The van der Waals surface area contributed by atoms with E-state index in [0.717, 1.165) is 0 Å². The van der Waals surface area contributed by atoms with Crippen LogP contribution in [0.3, 0.4) is 0 Å². The highest BCUT2D eigenvalue weighted by molar-refractivity contribution is 5.92. The number of carbonyl (C=O) groups is 1. The standard InChI is InChI=1S/C8H9F3N4O/c9-8(10,11)15-5-1-2-13-3-4(5)6(14-15)7(12)16/h13H,1-3H2,(H2,12,16). The van der Waals surface area contributed by atoms with Gasteiger partial charge in [-0.3, -0.25) is 4.79 Å². The van der Waals surface area contributed by atoms with E-state index >= 15 is 0 Å². The Morgan fingerprint density at radius 2 is 2.19 bits per heavy atom. The van der Waals surface area contributed by atoms with E-state index < -0.39 is 12.2 Å². The molecule has 1 aromatic heterocycles. The Labute approximate surface area is 88.4 Å². The van der Waals surface area contributed by atoms with Crippen molar-refractivity contribution < 1.29 is 18.0 Å². The lowest BCUT2D eigenvalue weighted by Gasteiger charge is -2.16. The van der Waals surface area contributed by atoms with E-state index in [1.165, 1.54) is 0 Å². The van der Waals surface area contributed by atoms with Crippen molar-refractivity contribution >= 4 is 5.91 Å². The Bertz CT molecular complexity index is 437. The molecule has 1 amide bonds. The van der Waals surface area contributed by atoms with Crippen LogP contribution in [0.1, 0.15) is 21.7 Å². The van der Waals surface area contributed by atoms with Gasteiger partial charge >= 0.3 is 6.30 Å². The molecule has 16 heavy (non-hydrogen) atoms. The third-order valence-electron chi connectivity index (χ3n) is 2.40. The van der Waals surface area contributed by atoms with Gasteiger partial charge in [0.1, 0.15) is 0 Å². The second kappa shape index (κ2) is 3.48. The first-order chi connectivity index (χ1) is 7.41. The minimum atomic E-state index is -4.62. The zero-order valence-corrected chi connectivity index (χ0v) is 8.14. The number of halogens is 3. The summed E-state index contributed by atoms with van der Waals surface area (Å²) in [5, 5.41) is 6.11. The van der Waals surface area contributed by atoms with Gasteiger partial charge in [0.25, 0.3) is 5.91 Å². The minimum Gasteiger partial charge on any atom is -0.364 e. The average molecular weight is 234 g/mol. The van der Waals surface area contributed by atoms with Gasteiger partial charge in [0, 0.05) is 25.1 Å². The summed E-state index contributed by atoms with van der Waals surface area (Å²) >= 11 is 0. The lowest BCUT2D eigenvalue weighted by atomic mass is 10.1. The Hall–Kier alpha value is -1.57. The van der Waals surface area contributed by atoms with E-state index in [1.54, 1.807) is 0 Å². The quantitative estimate of drug-likeness (QED) is 0.724. The third-order valence-corrected chi connectivity index (χ3v) is 2.40. The second-order valence-electron chi connectivity index (χ2n) is 3.44. The highest BCUT2D eigenvalue weighted by Gasteiger charge is 2.38. The largest absolute Gasteiger partial charge is 0.504 e. The Kier molecular flexibility index (Phi) is 2.38. The fraction of sp³-hybridized carbons (Fsp3) is 0.500. The molecule has 1 aromatic rings. The van der Waals surface area contributed by atoms with E-state index in [4.69, 9.17) is 5.73 Å². The first-order valence-corrected chi connectivity index (χ1v) is 4.59. The number of nitrogens with zero attached hydrogens (tertiary/aromatic N) is 2. The number of alkyl halides is 3. The predicted octanol–water partition coefficient (Wildman–Crippen LogP) is 0.104. The maximum atomic E-state index is 12.6. The van der Waals surface area contributed by atoms with Crippen molar-refractivity contribution in [3.05, 3.63) is 17.0 Å². The van der Waals surface area contributed by atoms with Gasteiger partial charge in [0.05, 0.1) is 5.69 Å². The maximum Gasteiger partial charge on any atom is 0.504 e. The van der Waals surface area contributed by atoms with Gasteiger partial charge in [-0.2, -0.15) is 9.78 Å². The normalized spacial score (nSPS) is 15.9. The van der Waals surface area contributed by atoms with E-state index in [9.17, 15) is 18.0 Å². The molecule has 0 aromatic carbocycles. The summed E-state index contributed by atoms with van der Waals surface area (Å²) in [5.74, 6) is -0.942. The van der Waals surface area contributed by atoms with Crippen LogP contribution in [0.5, 0.6) is 0 Å². The first-order valence-electron chi connectivity index (χ1n) is 4.59. The van der Waals surface area contributed by atoms with Gasteiger partial charge in [-0.25, -0.2) is 0 Å². The summed E-state index contributed by atoms with van der Waals surface area (Å²) in [6, 6.07) is 0. The van der Waals surface area contributed by atoms with E-state index in [-0.39, 0.29) is 34.6 Å². The number of fused-ring (bicyclic) bond motifs is 1. The van der Waals surface area contributed by atoms with Crippen LogP contribution < -0.4 is 11.1 Å². The highest BCUT2D eigenvalue weighted by Crippen LogP contribution is 2.28. The molecule has 2 heterocycles. The van der Waals surface area contributed by atoms with Crippen LogP contribution in [0.15, 0.2) is 0 Å². The smallest absolute Gasteiger partial charge is 0.364 e. The molecular formula is C8H9F3N4O. The van der Waals surface area contributed by atoms with Gasteiger partial charge < -0.3 is 11.1 Å². The molecule has 0 aliphatic carbocycles. The number of carbonyl (C=O) groups excluding carboxylic acids is 1. The zero-order chi connectivity index (χ0) is 11.9. The lowest BCUT2D eigenvalue weighted by Crippen LogP contribution is -2.28. The molecule has 0 unspecified atom stereocenters. The van der Waals surface area contributed by atoms with Gasteiger partial charge in [-0.05, 0) is 0 Å². The van der Waals surface area contributed by atoms with E-state index in [0.29, 0.717) is 6.54 Å². The maximum absolute atomic E-state index is 12.6. The number of hydrogen-bond donors (Lipinski definition) is 2. The van der Waals surface area contributed by atoms with E-state index in [1.807, 2.05) is 0 Å². The van der Waals surface area contributed by atoms with Gasteiger partial charge in [0.2, 0.25) is 0 Å². The number of nitrogens with two attached hydrogens (primary N) is 1. The monoisotopic (exact) mass is 234 g/mol. The van der Waals surface area contributed by atoms with Crippen molar-refractivity contribution in [2.24, 2.45) is 5.73 Å². The van der Waals surface area contributed by atoms with Gasteiger partial charge in [-0.1, -0.05) is 0 Å². The molecule has 2 rings (SSSR count). The summed E-state index contributed by atoms with van der Waals surface area (Å²) in [6.07, 6.45) is -4.44. The second-order valence-corrected chi connectivity index (χ2v) is 3.44. The van der Waals surface area contributed by atoms with Crippen molar-refractivity contribution in [1.82, 2.24) is 15.1 Å². The minimum absolute atomic E-state index is 0.0139. The van der Waals surface area contributed by atoms with Crippen molar-refractivity contribution in [2.45, 2.75) is 19.3 Å². The topological polar surface area (TPSA) is 72.9 Å². The molecule has 0 fully saturated rings. The number of nitrogens with one attached hydrogen (secondary N) is 1. The van der Waals surface area contributed by atoms with Crippen molar-refractivity contribution in [3.8, 4) is 0 Å². The van der Waals surface area contributed by atoms with Crippen LogP contribution in [-0.4, -0.2) is 22.2 Å². The molecule has 0 atom stereocenters. The van der Waals surface area contributed by atoms with Crippen LogP contribution >= 0.6 is 0 Å². The highest BCUT2D eigenvalue weighted by atomic mass is 19.4. The molecule has 0 bridgehead atoms. The molecular weight excluding hydrogens is 225 g/mol. The number of aromatic nitrogens is 2. The molecule has 1 aliphatic rings. The molecule has 1 aliphatic heterocycles. The average Bonchev–Trinajstić information content (AvgIpc) is 2.56. The Balaban J connectivity index is 2.59. The molecule has 0 saturated carbocycles. The molecule has 3 N–H and O–H groups in total. The lowest BCUT2D eigenvalue weighted by molar-refractivity contribution is -0.213. The first kappa shape index (κ1) is 10.9. The van der Waals surface area contributed by atoms with Crippen molar-refractivity contribution in [3.63, 3.8) is 0 Å². The van der Waals surface area contributed by atoms with Gasteiger partial charge in [-0.15, -0.1) is 13.2 Å². The fourth-order valence-electron chi connectivity index (χ4n) is 1.76. The molecule has 8 heteroatoms. The number of hydrogen-bond acceptors (Lipinski definition) is 3. The summed E-state index contributed by atoms with van der Waals surface area (Å²) < 4.78 is 37.7. The van der Waals surface area contributed by atoms with Crippen LogP contribution in [0.2, 0.25) is 0 Å². The molecule has 0 radical (unpaired) electrons. The number of amides is 1. The summed E-state index contributed by atoms with van der Waals surface area (Å²) in [4.78, 5) is 11.0. The van der Waals surface area contributed by atoms with Gasteiger partial charge in [0.15, 0.2) is 5.69 Å². The number of rotatable bonds is 1. The SMILES string of the molecule is NC(=O)c1nn(C(F)(F)F)c2c1CNCC2. The van der Waals surface area contributed by atoms with Crippen LogP contribution in [0.25, 0.3) is 0 Å². The predicted molar refractivity (Wildman–Crippen MR) is 47.5 cm³/mol. The fourth-order valence-corrected chi connectivity index (χ4v) is 1.76. The molecule has 5 nitrogen and oxygen atoms in total. The molecule has 0 saturated heterocycles. The Morgan fingerprint density at radius 1 is 1.50 bits per heavy atom.